The molecule has 0 aliphatic carbocycles. The van der Waals surface area contributed by atoms with E-state index < -0.39 is 11.6 Å². The zero-order valence-electron chi connectivity index (χ0n) is 11.2. The molecular weight excluding hydrogens is 296 g/mol. The van der Waals surface area contributed by atoms with Crippen LogP contribution in [0, 0.1) is 0 Å². The van der Waals surface area contributed by atoms with E-state index in [4.69, 9.17) is 0 Å². The van der Waals surface area contributed by atoms with Crippen LogP contribution in [-0.4, -0.2) is 27.9 Å². The van der Waals surface area contributed by atoms with Crippen molar-refractivity contribution in [2.75, 3.05) is 11.9 Å². The van der Waals surface area contributed by atoms with Gasteiger partial charge in [-0.25, -0.2) is 4.79 Å². The third-order valence-corrected chi connectivity index (χ3v) is 4.39. The Morgan fingerprint density at radius 1 is 1.50 bits per heavy atom. The van der Waals surface area contributed by atoms with Gasteiger partial charge in [-0.3, -0.25) is 5.32 Å². The molecule has 3 N–H and O–H groups in total. The molecule has 8 heteroatoms. The van der Waals surface area contributed by atoms with Crippen molar-refractivity contribution < 1.29 is 9.90 Å². The van der Waals surface area contributed by atoms with Gasteiger partial charge in [0.15, 0.2) is 0 Å². The van der Waals surface area contributed by atoms with Crippen LogP contribution in [0.15, 0.2) is 16.8 Å². The second kappa shape index (κ2) is 6.29. The summed E-state index contributed by atoms with van der Waals surface area (Å²) in [4.78, 5) is 11.7. The Kier molecular flexibility index (Phi) is 4.69. The average Bonchev–Trinajstić information content (AvgIpc) is 3.07. The Balaban J connectivity index is 1.86. The third-order valence-electron chi connectivity index (χ3n) is 2.73. The highest BCUT2D eigenvalue weighted by Crippen LogP contribution is 2.22. The van der Waals surface area contributed by atoms with Gasteiger partial charge in [0.1, 0.15) is 10.6 Å². The normalized spacial score (nSPS) is 13.8. The number of hydrogen-bond acceptors (Lipinski definition) is 6. The summed E-state index contributed by atoms with van der Waals surface area (Å²) in [6, 6.07) is 1.43. The smallest absolute Gasteiger partial charge is 0.321 e. The molecule has 0 bridgehead atoms. The maximum Gasteiger partial charge on any atom is 0.321 e. The van der Waals surface area contributed by atoms with Gasteiger partial charge in [0.2, 0.25) is 5.13 Å². The number of aromatic nitrogens is 2. The molecule has 6 nitrogen and oxygen atoms in total. The first-order valence-corrected chi connectivity index (χ1v) is 7.89. The van der Waals surface area contributed by atoms with Crippen molar-refractivity contribution in [3.8, 4) is 0 Å². The SMILES string of the molecule is CCc1nnc(NC(=O)NCC(C)(O)c2ccsc2)s1. The number of carbonyl (C=O) groups is 1. The van der Waals surface area contributed by atoms with Gasteiger partial charge in [0.05, 0.1) is 6.54 Å². The highest BCUT2D eigenvalue weighted by molar-refractivity contribution is 7.15. The van der Waals surface area contributed by atoms with E-state index in [2.05, 4.69) is 20.8 Å². The van der Waals surface area contributed by atoms with Crippen LogP contribution in [0.5, 0.6) is 0 Å². The van der Waals surface area contributed by atoms with E-state index in [1.165, 1.54) is 22.7 Å². The van der Waals surface area contributed by atoms with Gasteiger partial charge >= 0.3 is 6.03 Å². The van der Waals surface area contributed by atoms with Gasteiger partial charge < -0.3 is 10.4 Å². The fourth-order valence-electron chi connectivity index (χ4n) is 1.51. The van der Waals surface area contributed by atoms with Gasteiger partial charge in [-0.1, -0.05) is 18.3 Å². The number of thiophene rings is 1. The van der Waals surface area contributed by atoms with Crippen LogP contribution in [0.3, 0.4) is 0 Å². The van der Waals surface area contributed by atoms with Crippen molar-refractivity contribution in [1.82, 2.24) is 15.5 Å². The van der Waals surface area contributed by atoms with Crippen LogP contribution in [-0.2, 0) is 12.0 Å². The molecule has 0 aliphatic rings. The van der Waals surface area contributed by atoms with Gasteiger partial charge in [0, 0.05) is 0 Å². The minimum atomic E-state index is -1.09. The van der Waals surface area contributed by atoms with Crippen molar-refractivity contribution in [1.29, 1.82) is 0 Å². The summed E-state index contributed by atoms with van der Waals surface area (Å²) in [5.41, 5.74) is -0.306. The Morgan fingerprint density at radius 2 is 2.30 bits per heavy atom. The molecular formula is C12H16N4O2S2. The van der Waals surface area contributed by atoms with Crippen molar-refractivity contribution in [2.45, 2.75) is 25.9 Å². The molecule has 0 aliphatic heterocycles. The standard InChI is InChI=1S/C12H16N4O2S2/c1-3-9-15-16-11(20-9)14-10(17)13-7-12(2,18)8-4-5-19-6-8/h4-6,18H,3,7H2,1-2H3,(H2,13,14,16,17). The molecule has 108 valence electrons. The number of amides is 2. The molecule has 0 saturated heterocycles. The average molecular weight is 312 g/mol. The first kappa shape index (κ1) is 14.9. The predicted molar refractivity (Wildman–Crippen MR) is 80.2 cm³/mol. The summed E-state index contributed by atoms with van der Waals surface area (Å²) in [7, 11) is 0. The van der Waals surface area contributed by atoms with E-state index in [1.54, 1.807) is 6.92 Å². The van der Waals surface area contributed by atoms with E-state index in [1.807, 2.05) is 23.8 Å². The highest BCUT2D eigenvalue weighted by atomic mass is 32.1. The number of rotatable bonds is 5. The van der Waals surface area contributed by atoms with Crippen LogP contribution in [0.1, 0.15) is 24.4 Å². The topological polar surface area (TPSA) is 87.1 Å². The Morgan fingerprint density at radius 3 is 2.90 bits per heavy atom. The molecule has 2 aromatic heterocycles. The molecule has 0 aromatic carbocycles. The molecule has 0 spiro atoms. The molecule has 2 heterocycles. The molecule has 1 unspecified atom stereocenters. The molecule has 1 atom stereocenters. The monoisotopic (exact) mass is 312 g/mol. The third kappa shape index (κ3) is 3.75. The predicted octanol–water partition coefficient (Wildman–Crippen LogP) is 2.19. The van der Waals surface area contributed by atoms with Gasteiger partial charge in [-0.2, -0.15) is 11.3 Å². The number of aliphatic hydroxyl groups is 1. The maximum absolute atomic E-state index is 11.7. The molecule has 2 aromatic rings. The first-order chi connectivity index (χ1) is 9.51. The maximum atomic E-state index is 11.7. The van der Waals surface area contributed by atoms with Crippen molar-refractivity contribution in [3.05, 3.63) is 27.4 Å². The lowest BCUT2D eigenvalue weighted by Gasteiger charge is -2.22. The summed E-state index contributed by atoms with van der Waals surface area (Å²) in [5, 5.41) is 28.3. The van der Waals surface area contributed by atoms with Crippen molar-refractivity contribution in [2.24, 2.45) is 0 Å². The lowest BCUT2D eigenvalue weighted by Crippen LogP contribution is -2.40. The lowest BCUT2D eigenvalue weighted by molar-refractivity contribution is 0.0604. The number of urea groups is 1. The molecule has 2 amide bonds. The number of nitrogens with zero attached hydrogens (tertiary/aromatic N) is 2. The number of anilines is 1. The second-order valence-corrected chi connectivity index (χ2v) is 6.29. The van der Waals surface area contributed by atoms with Gasteiger partial charge in [-0.15, -0.1) is 10.2 Å². The second-order valence-electron chi connectivity index (χ2n) is 4.45. The lowest BCUT2D eigenvalue weighted by atomic mass is 9.99. The van der Waals surface area contributed by atoms with E-state index >= 15 is 0 Å². The van der Waals surface area contributed by atoms with Gasteiger partial charge in [0.25, 0.3) is 0 Å². The first-order valence-electron chi connectivity index (χ1n) is 6.13. The summed E-state index contributed by atoms with van der Waals surface area (Å²) in [5.74, 6) is 0. The Bertz CT molecular complexity index is 566. The molecule has 0 fully saturated rings. The van der Waals surface area contributed by atoms with E-state index in [0.29, 0.717) is 5.13 Å². The number of nitrogens with one attached hydrogen (secondary N) is 2. The fourth-order valence-corrected chi connectivity index (χ4v) is 2.97. The zero-order valence-corrected chi connectivity index (χ0v) is 12.8. The zero-order chi connectivity index (χ0) is 14.6. The Hall–Kier alpha value is -1.51. The van der Waals surface area contributed by atoms with E-state index in [0.717, 1.165) is 17.0 Å². The van der Waals surface area contributed by atoms with E-state index in [-0.39, 0.29) is 6.54 Å². The summed E-state index contributed by atoms with van der Waals surface area (Å²) < 4.78 is 0. The number of aryl methyl sites for hydroxylation is 1. The molecule has 0 radical (unpaired) electrons. The number of hydrogen-bond donors (Lipinski definition) is 3. The Labute approximate surface area is 124 Å². The minimum absolute atomic E-state index is 0.120. The fraction of sp³-hybridized carbons (Fsp3) is 0.417. The van der Waals surface area contributed by atoms with Crippen LogP contribution in [0.4, 0.5) is 9.93 Å². The van der Waals surface area contributed by atoms with Crippen LogP contribution < -0.4 is 10.6 Å². The highest BCUT2D eigenvalue weighted by Gasteiger charge is 2.24. The number of carbonyl (C=O) groups excluding carboxylic acids is 1. The minimum Gasteiger partial charge on any atom is -0.384 e. The molecule has 2 rings (SSSR count). The van der Waals surface area contributed by atoms with Crippen molar-refractivity contribution in [3.63, 3.8) is 0 Å². The van der Waals surface area contributed by atoms with Gasteiger partial charge in [-0.05, 0) is 35.7 Å². The summed E-state index contributed by atoms with van der Waals surface area (Å²) in [6.45, 7) is 3.76. The van der Waals surface area contributed by atoms with Crippen LogP contribution in [0.2, 0.25) is 0 Å². The van der Waals surface area contributed by atoms with E-state index in [9.17, 15) is 9.90 Å². The summed E-state index contributed by atoms with van der Waals surface area (Å²) in [6.07, 6.45) is 0.786. The molecule has 20 heavy (non-hydrogen) atoms. The van der Waals surface area contributed by atoms with Crippen molar-refractivity contribution >= 4 is 33.8 Å². The van der Waals surface area contributed by atoms with Crippen LogP contribution >= 0.6 is 22.7 Å². The van der Waals surface area contributed by atoms with Crippen LogP contribution in [0.25, 0.3) is 0 Å². The summed E-state index contributed by atoms with van der Waals surface area (Å²) >= 11 is 2.84. The largest absolute Gasteiger partial charge is 0.384 e. The quantitative estimate of drug-likeness (QED) is 0.790. The molecule has 0 saturated carbocycles.